The minimum absolute atomic E-state index is 0.0274. The van der Waals surface area contributed by atoms with Gasteiger partial charge in [-0.05, 0) is 95.4 Å². The first-order valence-corrected chi connectivity index (χ1v) is 21.1. The van der Waals surface area contributed by atoms with Crippen molar-refractivity contribution < 1.29 is 38.1 Å². The van der Waals surface area contributed by atoms with Gasteiger partial charge in [0.2, 0.25) is 5.60 Å². The van der Waals surface area contributed by atoms with Crippen molar-refractivity contribution in [3.63, 3.8) is 0 Å². The number of nitrogens with one attached hydrogen (secondary N) is 2. The van der Waals surface area contributed by atoms with Gasteiger partial charge in [0.05, 0.1) is 37.1 Å². The SMILES string of the molecule is C=CC[Si](C)(C)c1c2c(nc3ccc(NC(=O)OC(C)(C)C)cc13)-c1cc3c(c(=O)n1C2)COC(=O)C3(CC)OC(=O)CCCNC(=O)OC(C)(C)C. The quantitative estimate of drug-likeness (QED) is 0.0612. The molecule has 1 unspecified atom stereocenters. The van der Waals surface area contributed by atoms with Crippen LogP contribution in [-0.4, -0.2) is 59.5 Å². The van der Waals surface area contributed by atoms with E-state index in [0.717, 1.165) is 22.2 Å². The van der Waals surface area contributed by atoms with Gasteiger partial charge < -0.3 is 28.8 Å². The number of pyridine rings is 2. The maximum atomic E-state index is 14.3. The summed E-state index contributed by atoms with van der Waals surface area (Å²) in [4.78, 5) is 70.8. The van der Waals surface area contributed by atoms with Crippen LogP contribution in [0.25, 0.3) is 22.3 Å². The largest absolute Gasteiger partial charge is 0.457 e. The number of ether oxygens (including phenoxy) is 4. The van der Waals surface area contributed by atoms with Crippen LogP contribution in [0.1, 0.15) is 84.4 Å². The number of esters is 2. The molecular weight excluding hydrogens is 697 g/mol. The van der Waals surface area contributed by atoms with E-state index < -0.39 is 49.0 Å². The number of hydrogen-bond acceptors (Lipinski definition) is 10. The number of carbonyl (C=O) groups is 4. The molecule has 0 radical (unpaired) electrons. The third kappa shape index (κ3) is 8.17. The van der Waals surface area contributed by atoms with Crippen molar-refractivity contribution in [1.29, 1.82) is 0 Å². The summed E-state index contributed by atoms with van der Waals surface area (Å²) in [5.74, 6) is -1.44. The Kier molecular flexibility index (Phi) is 10.7. The van der Waals surface area contributed by atoms with E-state index in [4.69, 9.17) is 23.9 Å². The Bertz CT molecular complexity index is 2060. The van der Waals surface area contributed by atoms with Crippen LogP contribution < -0.4 is 21.4 Å². The zero-order chi connectivity index (χ0) is 39.1. The lowest BCUT2D eigenvalue weighted by Crippen LogP contribution is -2.47. The molecule has 2 aromatic heterocycles. The highest BCUT2D eigenvalue weighted by atomic mass is 28.3. The van der Waals surface area contributed by atoms with E-state index >= 15 is 0 Å². The number of hydrogen-bond donors (Lipinski definition) is 2. The molecular formula is C39H50N4O9Si. The van der Waals surface area contributed by atoms with Gasteiger partial charge in [0, 0.05) is 29.6 Å². The molecule has 13 nitrogen and oxygen atoms in total. The Morgan fingerprint density at radius 1 is 1.04 bits per heavy atom. The van der Waals surface area contributed by atoms with Crippen LogP contribution in [0.3, 0.4) is 0 Å². The smallest absolute Gasteiger partial charge is 0.412 e. The fraction of sp³-hybridized carbons (Fsp3) is 0.487. The van der Waals surface area contributed by atoms with Crippen LogP contribution in [-0.2, 0) is 47.3 Å². The Labute approximate surface area is 310 Å². The molecule has 284 valence electrons. The zero-order valence-electron chi connectivity index (χ0n) is 32.1. The van der Waals surface area contributed by atoms with Gasteiger partial charge >= 0.3 is 24.1 Å². The van der Waals surface area contributed by atoms with E-state index in [-0.39, 0.29) is 55.6 Å². The summed E-state index contributed by atoms with van der Waals surface area (Å²) in [6, 6.07) is 7.97. The molecule has 5 rings (SSSR count). The second kappa shape index (κ2) is 14.4. The zero-order valence-corrected chi connectivity index (χ0v) is 33.1. The second-order valence-electron chi connectivity index (χ2n) is 16.1. The molecule has 1 atom stereocenters. The molecule has 2 N–H and O–H groups in total. The number of aromatic nitrogens is 2. The third-order valence-corrected chi connectivity index (χ3v) is 12.4. The summed E-state index contributed by atoms with van der Waals surface area (Å²) < 4.78 is 23.8. The third-order valence-electron chi connectivity index (χ3n) is 9.15. The highest BCUT2D eigenvalue weighted by molar-refractivity contribution is 6.92. The molecule has 0 aliphatic carbocycles. The van der Waals surface area contributed by atoms with Gasteiger partial charge in [-0.3, -0.25) is 14.9 Å². The maximum Gasteiger partial charge on any atom is 0.412 e. The number of nitrogens with zero attached hydrogens (tertiary/aromatic N) is 2. The van der Waals surface area contributed by atoms with E-state index in [2.05, 4.69) is 30.3 Å². The van der Waals surface area contributed by atoms with Gasteiger partial charge in [0.25, 0.3) is 5.56 Å². The summed E-state index contributed by atoms with van der Waals surface area (Å²) in [7, 11) is -2.29. The first-order valence-electron chi connectivity index (χ1n) is 17.9. The Morgan fingerprint density at radius 2 is 1.72 bits per heavy atom. The lowest BCUT2D eigenvalue weighted by molar-refractivity contribution is -0.189. The molecule has 2 amide bonds. The number of rotatable bonds is 10. The van der Waals surface area contributed by atoms with E-state index in [1.54, 1.807) is 65.2 Å². The highest BCUT2D eigenvalue weighted by Crippen LogP contribution is 2.41. The summed E-state index contributed by atoms with van der Waals surface area (Å²) in [5.41, 5.74) is 0.195. The molecule has 4 heterocycles. The number of anilines is 1. The summed E-state index contributed by atoms with van der Waals surface area (Å²) in [5, 5.41) is 7.38. The van der Waals surface area contributed by atoms with Crippen molar-refractivity contribution in [2.24, 2.45) is 0 Å². The van der Waals surface area contributed by atoms with Crippen LogP contribution in [0.4, 0.5) is 15.3 Å². The van der Waals surface area contributed by atoms with Crippen molar-refractivity contribution in [3.8, 4) is 11.4 Å². The standard InChI is InChI=1S/C39H50N4O9Si/c1-11-18-53(9,10)32-24-19-23(41-36(48)52-38(6,7)8)15-16-28(24)42-31-25(32)21-43-29(31)20-27-26(33(43)45)22-49-34(46)39(27,12-2)50-30(44)14-13-17-40-35(47)51-37(3,4)5/h11,15-16,19-20H,1,12-14,17-18,21-22H2,2-10H3,(H,40,47)(H,41,48). The van der Waals surface area contributed by atoms with Crippen molar-refractivity contribution in [2.75, 3.05) is 11.9 Å². The number of amides is 2. The summed E-state index contributed by atoms with van der Waals surface area (Å²) in [6.45, 7) is 20.9. The van der Waals surface area contributed by atoms with Crippen LogP contribution in [0.15, 0.2) is 41.7 Å². The molecule has 0 bridgehead atoms. The van der Waals surface area contributed by atoms with Gasteiger partial charge in [-0.1, -0.05) is 26.1 Å². The van der Waals surface area contributed by atoms with Crippen molar-refractivity contribution in [1.82, 2.24) is 14.9 Å². The second-order valence-corrected chi connectivity index (χ2v) is 20.8. The Hall–Kier alpha value is -4.98. The van der Waals surface area contributed by atoms with Crippen molar-refractivity contribution >= 4 is 54.0 Å². The van der Waals surface area contributed by atoms with Crippen LogP contribution in [0.2, 0.25) is 19.1 Å². The van der Waals surface area contributed by atoms with Crippen molar-refractivity contribution in [2.45, 2.75) is 117 Å². The van der Waals surface area contributed by atoms with E-state index in [1.807, 2.05) is 18.2 Å². The highest BCUT2D eigenvalue weighted by Gasteiger charge is 2.50. The molecule has 0 fully saturated rings. The normalized spacial score (nSPS) is 16.5. The molecule has 14 heteroatoms. The Balaban J connectivity index is 1.54. The number of allylic oxidation sites excluding steroid dienone is 1. The predicted molar refractivity (Wildman–Crippen MR) is 204 cm³/mol. The molecule has 3 aromatic rings. The Morgan fingerprint density at radius 3 is 2.36 bits per heavy atom. The molecule has 0 saturated carbocycles. The number of fused-ring (bicyclic) bond motifs is 5. The predicted octanol–water partition coefficient (Wildman–Crippen LogP) is 6.38. The van der Waals surface area contributed by atoms with Gasteiger partial charge in [0.15, 0.2) is 0 Å². The van der Waals surface area contributed by atoms with Crippen LogP contribution >= 0.6 is 0 Å². The first kappa shape index (κ1) is 39.2. The molecule has 2 aliphatic heterocycles. The lowest BCUT2D eigenvalue weighted by atomic mass is 9.85. The number of benzene rings is 1. The van der Waals surface area contributed by atoms with Gasteiger partial charge in [-0.25, -0.2) is 19.4 Å². The van der Waals surface area contributed by atoms with Gasteiger partial charge in [0.1, 0.15) is 17.8 Å². The van der Waals surface area contributed by atoms with Crippen molar-refractivity contribution in [3.05, 3.63) is 64.0 Å². The fourth-order valence-corrected chi connectivity index (χ4v) is 9.82. The number of alkyl carbamates (subject to hydrolysis) is 1. The molecule has 2 aliphatic rings. The monoisotopic (exact) mass is 746 g/mol. The average molecular weight is 747 g/mol. The molecule has 1 aromatic carbocycles. The maximum absolute atomic E-state index is 14.3. The van der Waals surface area contributed by atoms with E-state index in [9.17, 15) is 24.0 Å². The van der Waals surface area contributed by atoms with E-state index in [0.29, 0.717) is 22.6 Å². The fourth-order valence-electron chi connectivity index (χ4n) is 6.95. The number of carbonyl (C=O) groups excluding carboxylic acids is 4. The molecule has 53 heavy (non-hydrogen) atoms. The van der Waals surface area contributed by atoms with Gasteiger partial charge in [-0.2, -0.15) is 0 Å². The lowest BCUT2D eigenvalue weighted by Gasteiger charge is -2.35. The number of cyclic esters (lactones) is 1. The van der Waals surface area contributed by atoms with E-state index in [1.165, 1.54) is 0 Å². The minimum atomic E-state index is -2.29. The first-order chi connectivity index (χ1) is 24.7. The topological polar surface area (TPSA) is 164 Å². The average Bonchev–Trinajstić information content (AvgIpc) is 3.39. The molecule has 0 spiro atoms. The molecule has 0 saturated heterocycles. The minimum Gasteiger partial charge on any atom is -0.457 e. The summed E-state index contributed by atoms with van der Waals surface area (Å²) in [6.07, 6.45) is 0.889. The van der Waals surface area contributed by atoms with Crippen LogP contribution in [0, 0.1) is 0 Å². The van der Waals surface area contributed by atoms with Crippen LogP contribution in [0.5, 0.6) is 0 Å². The summed E-state index contributed by atoms with van der Waals surface area (Å²) >= 11 is 0. The van der Waals surface area contributed by atoms with Gasteiger partial charge in [-0.15, -0.1) is 6.58 Å².